The van der Waals surface area contributed by atoms with Gasteiger partial charge in [0, 0.05) is 18.6 Å². The largest absolute Gasteiger partial charge is 0.346 e. The maximum Gasteiger partial charge on any atom is 0.346 e. The van der Waals surface area contributed by atoms with Crippen LogP contribution in [0.3, 0.4) is 0 Å². The Hall–Kier alpha value is -2.50. The van der Waals surface area contributed by atoms with Gasteiger partial charge in [-0.1, -0.05) is 0 Å². The molecule has 2 N–H and O–H groups in total. The van der Waals surface area contributed by atoms with Gasteiger partial charge in [0.25, 0.3) is 0 Å². The van der Waals surface area contributed by atoms with E-state index in [4.69, 9.17) is 0 Å². The number of hydrogen-bond donors (Lipinski definition) is 2. The summed E-state index contributed by atoms with van der Waals surface area (Å²) < 4.78 is 0. The van der Waals surface area contributed by atoms with E-state index in [0.717, 1.165) is 5.56 Å². The molecule has 0 aliphatic heterocycles. The number of nitrogens with zero attached hydrogens (tertiary/aromatic N) is 3. The van der Waals surface area contributed by atoms with Crippen LogP contribution >= 0.6 is 0 Å². The van der Waals surface area contributed by atoms with Crippen LogP contribution in [0.2, 0.25) is 0 Å². The third kappa shape index (κ3) is 2.74. The van der Waals surface area contributed by atoms with Gasteiger partial charge in [-0.3, -0.25) is 15.4 Å². The van der Waals surface area contributed by atoms with Crippen molar-refractivity contribution in [1.82, 2.24) is 15.0 Å². The third-order valence-electron chi connectivity index (χ3n) is 1.78. The molecule has 2 aromatic rings. The molecule has 0 aliphatic rings. The van der Waals surface area contributed by atoms with Crippen LogP contribution < -0.4 is 11.1 Å². The van der Waals surface area contributed by atoms with E-state index in [1.165, 1.54) is 6.20 Å². The molecular formula is C10H9N5O. The molecule has 80 valence electrons. The second kappa shape index (κ2) is 4.83. The highest BCUT2D eigenvalue weighted by molar-refractivity contribution is 5.79. The molecule has 0 saturated carbocycles. The molecule has 0 radical (unpaired) electrons. The summed E-state index contributed by atoms with van der Waals surface area (Å²) in [7, 11) is 0. The van der Waals surface area contributed by atoms with E-state index in [9.17, 15) is 4.79 Å². The van der Waals surface area contributed by atoms with E-state index >= 15 is 0 Å². The number of anilines is 1. The molecule has 0 spiro atoms. The number of hydrazone groups is 1. The van der Waals surface area contributed by atoms with Gasteiger partial charge in [0.15, 0.2) is 0 Å². The monoisotopic (exact) mass is 215 g/mol. The number of pyridine rings is 1. The summed E-state index contributed by atoms with van der Waals surface area (Å²) in [5.74, 6) is 0.491. The van der Waals surface area contributed by atoms with Crippen LogP contribution in [0.25, 0.3) is 0 Å². The Morgan fingerprint density at radius 3 is 2.81 bits per heavy atom. The van der Waals surface area contributed by atoms with Gasteiger partial charge in [-0.05, 0) is 23.8 Å². The van der Waals surface area contributed by atoms with Gasteiger partial charge in [0.1, 0.15) is 5.82 Å². The van der Waals surface area contributed by atoms with Crippen molar-refractivity contribution in [1.29, 1.82) is 0 Å². The molecule has 0 bridgehead atoms. The third-order valence-corrected chi connectivity index (χ3v) is 1.78. The number of hydrogen-bond acceptors (Lipinski definition) is 5. The second-order valence-corrected chi connectivity index (χ2v) is 2.94. The Morgan fingerprint density at radius 1 is 1.25 bits per heavy atom. The molecule has 0 atom stereocenters. The lowest BCUT2D eigenvalue weighted by Crippen LogP contribution is -2.10. The molecule has 0 saturated heterocycles. The number of rotatable bonds is 3. The first kappa shape index (κ1) is 10.0. The first-order valence-corrected chi connectivity index (χ1v) is 4.59. The lowest BCUT2D eigenvalue weighted by atomic mass is 10.3. The highest BCUT2D eigenvalue weighted by Gasteiger charge is 1.89. The molecule has 0 aromatic carbocycles. The van der Waals surface area contributed by atoms with Crippen LogP contribution in [0.15, 0.2) is 46.7 Å². The Kier molecular flexibility index (Phi) is 3.03. The summed E-state index contributed by atoms with van der Waals surface area (Å²) in [5, 5.41) is 3.95. The SMILES string of the molecule is O=c1nccc(NN=Cc2ccncc2)[nH]1. The Balaban J connectivity index is 2.03. The quantitative estimate of drug-likeness (QED) is 0.580. The van der Waals surface area contributed by atoms with E-state index < -0.39 is 5.69 Å². The fourth-order valence-corrected chi connectivity index (χ4v) is 1.06. The van der Waals surface area contributed by atoms with Gasteiger partial charge in [-0.15, -0.1) is 0 Å². The van der Waals surface area contributed by atoms with Gasteiger partial charge < -0.3 is 0 Å². The summed E-state index contributed by atoms with van der Waals surface area (Å²) >= 11 is 0. The van der Waals surface area contributed by atoms with Crippen molar-refractivity contribution >= 4 is 12.0 Å². The molecule has 2 heterocycles. The predicted molar refractivity (Wildman–Crippen MR) is 60.3 cm³/mol. The van der Waals surface area contributed by atoms with E-state index in [1.807, 2.05) is 12.1 Å². The molecule has 2 rings (SSSR count). The first-order valence-electron chi connectivity index (χ1n) is 4.59. The molecule has 0 unspecified atom stereocenters. The first-order chi connectivity index (χ1) is 7.84. The Labute approximate surface area is 91.1 Å². The van der Waals surface area contributed by atoms with Crippen LogP contribution in [0, 0.1) is 0 Å². The zero-order chi connectivity index (χ0) is 11.2. The van der Waals surface area contributed by atoms with Crippen molar-refractivity contribution in [3.8, 4) is 0 Å². The summed E-state index contributed by atoms with van der Waals surface area (Å²) in [6.07, 6.45) is 6.38. The van der Waals surface area contributed by atoms with Gasteiger partial charge >= 0.3 is 5.69 Å². The summed E-state index contributed by atoms with van der Waals surface area (Å²) in [4.78, 5) is 20.7. The highest BCUT2D eigenvalue weighted by atomic mass is 16.1. The molecule has 0 aliphatic carbocycles. The normalized spacial score (nSPS) is 10.5. The molecular weight excluding hydrogens is 206 g/mol. The van der Waals surface area contributed by atoms with Crippen LogP contribution in [0.1, 0.15) is 5.56 Å². The van der Waals surface area contributed by atoms with Crippen molar-refractivity contribution in [2.75, 3.05) is 5.43 Å². The summed E-state index contributed by atoms with van der Waals surface area (Å²) in [6.45, 7) is 0. The van der Waals surface area contributed by atoms with E-state index in [2.05, 4.69) is 25.5 Å². The van der Waals surface area contributed by atoms with Crippen molar-refractivity contribution in [2.24, 2.45) is 5.10 Å². The molecule has 6 heteroatoms. The lowest BCUT2D eigenvalue weighted by molar-refractivity contribution is 1.06. The Bertz CT molecular complexity index is 534. The van der Waals surface area contributed by atoms with E-state index in [0.29, 0.717) is 5.82 Å². The summed E-state index contributed by atoms with van der Waals surface area (Å²) in [6, 6.07) is 5.26. The van der Waals surface area contributed by atoms with E-state index in [1.54, 1.807) is 24.7 Å². The molecule has 0 amide bonds. The van der Waals surface area contributed by atoms with Gasteiger partial charge in [-0.2, -0.15) is 5.10 Å². The van der Waals surface area contributed by atoms with Crippen molar-refractivity contribution < 1.29 is 0 Å². The van der Waals surface area contributed by atoms with Gasteiger partial charge in [0.05, 0.1) is 6.21 Å². The molecule has 16 heavy (non-hydrogen) atoms. The second-order valence-electron chi connectivity index (χ2n) is 2.94. The van der Waals surface area contributed by atoms with Crippen molar-refractivity contribution in [2.45, 2.75) is 0 Å². The average Bonchev–Trinajstić information content (AvgIpc) is 2.30. The Morgan fingerprint density at radius 2 is 2.06 bits per heavy atom. The van der Waals surface area contributed by atoms with Crippen molar-refractivity contribution in [3.63, 3.8) is 0 Å². The van der Waals surface area contributed by atoms with Gasteiger partial charge in [0.2, 0.25) is 0 Å². The topological polar surface area (TPSA) is 83.0 Å². The zero-order valence-electron chi connectivity index (χ0n) is 8.29. The smallest absolute Gasteiger partial charge is 0.291 e. The van der Waals surface area contributed by atoms with Crippen LogP contribution in [0.4, 0.5) is 5.82 Å². The minimum Gasteiger partial charge on any atom is -0.291 e. The number of aromatic amines is 1. The minimum absolute atomic E-state index is 0.413. The van der Waals surface area contributed by atoms with Crippen LogP contribution in [-0.4, -0.2) is 21.2 Å². The number of nitrogens with one attached hydrogen (secondary N) is 2. The fraction of sp³-hybridized carbons (Fsp3) is 0. The van der Waals surface area contributed by atoms with E-state index in [-0.39, 0.29) is 0 Å². The maximum atomic E-state index is 10.9. The fourth-order valence-electron chi connectivity index (χ4n) is 1.06. The van der Waals surface area contributed by atoms with Crippen LogP contribution in [0.5, 0.6) is 0 Å². The van der Waals surface area contributed by atoms with Crippen LogP contribution in [-0.2, 0) is 0 Å². The van der Waals surface area contributed by atoms with Gasteiger partial charge in [-0.25, -0.2) is 9.78 Å². The molecule has 0 fully saturated rings. The highest BCUT2D eigenvalue weighted by Crippen LogP contribution is 1.96. The predicted octanol–water partition coefficient (Wildman–Crippen LogP) is 0.611. The van der Waals surface area contributed by atoms with Crippen molar-refractivity contribution in [3.05, 3.63) is 52.8 Å². The lowest BCUT2D eigenvalue weighted by Gasteiger charge is -1.97. The average molecular weight is 215 g/mol. The molecule has 6 nitrogen and oxygen atoms in total. The number of aromatic nitrogens is 3. The summed E-state index contributed by atoms with van der Waals surface area (Å²) in [5.41, 5.74) is 3.19. The zero-order valence-corrected chi connectivity index (χ0v) is 8.29. The number of H-pyrrole nitrogens is 1. The minimum atomic E-state index is -0.413. The maximum absolute atomic E-state index is 10.9. The standard InChI is InChI=1S/C10H9N5O/c16-10-12-6-3-9(14-10)15-13-7-8-1-4-11-5-2-8/h1-7H,(H2,12,14,15,16). The molecule has 2 aromatic heterocycles.